The zero-order chi connectivity index (χ0) is 15.9. The standard InChI is InChI=1S/C17H18FNO3/c1-3-14(22-16-10-5-4-9-15(16)21-2)17(20)19-13-8-6-7-12(18)11-13/h4-11,14H,3H2,1-2H3,(H,19,20)/t14-/m1/s1. The molecule has 0 aromatic heterocycles. The molecule has 116 valence electrons. The number of amides is 1. The number of anilines is 1. The van der Waals surface area contributed by atoms with E-state index in [-0.39, 0.29) is 5.91 Å². The molecule has 0 aliphatic heterocycles. The Labute approximate surface area is 128 Å². The lowest BCUT2D eigenvalue weighted by molar-refractivity contribution is -0.122. The molecule has 0 aliphatic rings. The third-order valence-corrected chi connectivity index (χ3v) is 3.09. The summed E-state index contributed by atoms with van der Waals surface area (Å²) in [6.07, 6.45) is -0.223. The Morgan fingerprint density at radius 1 is 1.18 bits per heavy atom. The van der Waals surface area contributed by atoms with Crippen LogP contribution in [0.3, 0.4) is 0 Å². The van der Waals surface area contributed by atoms with E-state index in [1.165, 1.54) is 25.3 Å². The molecule has 1 amide bonds. The average Bonchev–Trinajstić information content (AvgIpc) is 2.52. The van der Waals surface area contributed by atoms with Crippen LogP contribution >= 0.6 is 0 Å². The lowest BCUT2D eigenvalue weighted by atomic mass is 10.2. The molecule has 4 nitrogen and oxygen atoms in total. The predicted molar refractivity (Wildman–Crippen MR) is 82.7 cm³/mol. The molecule has 0 bridgehead atoms. The molecule has 0 saturated carbocycles. The van der Waals surface area contributed by atoms with Gasteiger partial charge in [-0.15, -0.1) is 0 Å². The quantitative estimate of drug-likeness (QED) is 0.886. The average molecular weight is 303 g/mol. The fraction of sp³-hybridized carbons (Fsp3) is 0.235. The maximum Gasteiger partial charge on any atom is 0.265 e. The van der Waals surface area contributed by atoms with Gasteiger partial charge in [-0.1, -0.05) is 25.1 Å². The van der Waals surface area contributed by atoms with Crippen LogP contribution in [0, 0.1) is 5.82 Å². The van der Waals surface area contributed by atoms with Gasteiger partial charge in [-0.2, -0.15) is 0 Å². The van der Waals surface area contributed by atoms with Gasteiger partial charge in [-0.25, -0.2) is 4.39 Å². The first-order chi connectivity index (χ1) is 10.6. The molecular formula is C17H18FNO3. The number of hydrogen-bond donors (Lipinski definition) is 1. The molecule has 5 heteroatoms. The van der Waals surface area contributed by atoms with Crippen LogP contribution in [0.2, 0.25) is 0 Å². The first-order valence-corrected chi connectivity index (χ1v) is 7.00. The van der Waals surface area contributed by atoms with E-state index in [1.807, 2.05) is 13.0 Å². The lowest BCUT2D eigenvalue weighted by Crippen LogP contribution is -2.32. The van der Waals surface area contributed by atoms with Crippen molar-refractivity contribution < 1.29 is 18.7 Å². The van der Waals surface area contributed by atoms with E-state index in [1.54, 1.807) is 24.3 Å². The molecule has 0 fully saturated rings. The van der Waals surface area contributed by atoms with E-state index in [0.717, 1.165) is 0 Å². The Kier molecular flexibility index (Phi) is 5.36. The minimum Gasteiger partial charge on any atom is -0.493 e. The van der Waals surface area contributed by atoms with Gasteiger partial charge in [0.1, 0.15) is 5.82 Å². The Morgan fingerprint density at radius 2 is 1.91 bits per heavy atom. The topological polar surface area (TPSA) is 47.6 Å². The Bertz CT molecular complexity index is 645. The lowest BCUT2D eigenvalue weighted by Gasteiger charge is -2.18. The van der Waals surface area contributed by atoms with Gasteiger partial charge in [0, 0.05) is 5.69 Å². The van der Waals surface area contributed by atoms with Crippen LogP contribution in [0.15, 0.2) is 48.5 Å². The highest BCUT2D eigenvalue weighted by atomic mass is 19.1. The van der Waals surface area contributed by atoms with Crippen LogP contribution in [0.5, 0.6) is 11.5 Å². The normalized spacial score (nSPS) is 11.6. The molecule has 2 rings (SSSR count). The molecular weight excluding hydrogens is 285 g/mol. The van der Waals surface area contributed by atoms with Crippen molar-refractivity contribution in [2.24, 2.45) is 0 Å². The molecule has 0 saturated heterocycles. The maximum absolute atomic E-state index is 13.1. The van der Waals surface area contributed by atoms with Crippen LogP contribution in [0.25, 0.3) is 0 Å². The number of ether oxygens (including phenoxy) is 2. The van der Waals surface area contributed by atoms with Gasteiger partial charge in [-0.3, -0.25) is 4.79 Å². The van der Waals surface area contributed by atoms with E-state index in [2.05, 4.69) is 5.32 Å². The van der Waals surface area contributed by atoms with Crippen molar-refractivity contribution in [3.63, 3.8) is 0 Å². The monoisotopic (exact) mass is 303 g/mol. The highest BCUT2D eigenvalue weighted by molar-refractivity contribution is 5.94. The maximum atomic E-state index is 13.1. The Balaban J connectivity index is 2.09. The number of para-hydroxylation sites is 2. The first kappa shape index (κ1) is 15.8. The molecule has 2 aromatic carbocycles. The highest BCUT2D eigenvalue weighted by Crippen LogP contribution is 2.27. The van der Waals surface area contributed by atoms with Crippen LogP contribution in [0.4, 0.5) is 10.1 Å². The molecule has 1 N–H and O–H groups in total. The van der Waals surface area contributed by atoms with Gasteiger partial charge in [0.25, 0.3) is 5.91 Å². The van der Waals surface area contributed by atoms with E-state index in [0.29, 0.717) is 23.6 Å². The van der Waals surface area contributed by atoms with Crippen molar-refractivity contribution in [1.29, 1.82) is 0 Å². The van der Waals surface area contributed by atoms with Crippen LogP contribution in [-0.4, -0.2) is 19.1 Å². The minimum absolute atomic E-state index is 0.334. The smallest absolute Gasteiger partial charge is 0.265 e. The third kappa shape index (κ3) is 3.97. The number of nitrogens with one attached hydrogen (secondary N) is 1. The fourth-order valence-corrected chi connectivity index (χ4v) is 1.98. The van der Waals surface area contributed by atoms with Crippen molar-refractivity contribution in [3.8, 4) is 11.5 Å². The SMILES string of the molecule is CC[C@@H](Oc1ccccc1OC)C(=O)Nc1cccc(F)c1. The highest BCUT2D eigenvalue weighted by Gasteiger charge is 2.20. The minimum atomic E-state index is -0.695. The molecule has 0 spiro atoms. The van der Waals surface area contributed by atoms with Gasteiger partial charge in [0.2, 0.25) is 0 Å². The summed E-state index contributed by atoms with van der Waals surface area (Å²) in [7, 11) is 1.54. The van der Waals surface area contributed by atoms with E-state index in [4.69, 9.17) is 9.47 Å². The van der Waals surface area contributed by atoms with Gasteiger partial charge in [-0.05, 0) is 36.8 Å². The van der Waals surface area contributed by atoms with Crippen LogP contribution < -0.4 is 14.8 Å². The van der Waals surface area contributed by atoms with Gasteiger partial charge in [0.05, 0.1) is 7.11 Å². The number of benzene rings is 2. The first-order valence-electron chi connectivity index (χ1n) is 7.00. The molecule has 0 heterocycles. The van der Waals surface area contributed by atoms with Crippen molar-refractivity contribution >= 4 is 11.6 Å². The van der Waals surface area contributed by atoms with Crippen molar-refractivity contribution in [3.05, 3.63) is 54.3 Å². The second-order valence-electron chi connectivity index (χ2n) is 4.67. The van der Waals surface area contributed by atoms with Gasteiger partial charge in [0.15, 0.2) is 17.6 Å². The fourth-order valence-electron chi connectivity index (χ4n) is 1.98. The largest absolute Gasteiger partial charge is 0.493 e. The number of rotatable bonds is 6. The van der Waals surface area contributed by atoms with Gasteiger partial charge < -0.3 is 14.8 Å². The summed E-state index contributed by atoms with van der Waals surface area (Å²) >= 11 is 0. The van der Waals surface area contributed by atoms with Crippen LogP contribution in [0.1, 0.15) is 13.3 Å². The summed E-state index contributed by atoms with van der Waals surface area (Å²) in [6.45, 7) is 1.84. The van der Waals surface area contributed by atoms with Crippen LogP contribution in [-0.2, 0) is 4.79 Å². The van der Waals surface area contributed by atoms with Crippen molar-refractivity contribution in [1.82, 2.24) is 0 Å². The number of halogens is 1. The summed E-state index contributed by atoms with van der Waals surface area (Å²) in [5.74, 6) is 0.307. The zero-order valence-corrected chi connectivity index (χ0v) is 12.5. The number of carbonyl (C=O) groups is 1. The molecule has 0 unspecified atom stereocenters. The summed E-state index contributed by atoms with van der Waals surface area (Å²) < 4.78 is 24.1. The van der Waals surface area contributed by atoms with E-state index >= 15 is 0 Å². The Hall–Kier alpha value is -2.56. The molecule has 1 atom stereocenters. The Morgan fingerprint density at radius 3 is 2.55 bits per heavy atom. The zero-order valence-electron chi connectivity index (χ0n) is 12.5. The summed E-state index contributed by atoms with van der Waals surface area (Å²) in [5.41, 5.74) is 0.395. The predicted octanol–water partition coefficient (Wildman–Crippen LogP) is 3.63. The molecule has 0 radical (unpaired) electrons. The van der Waals surface area contributed by atoms with Crippen molar-refractivity contribution in [2.75, 3.05) is 12.4 Å². The summed E-state index contributed by atoms with van der Waals surface area (Å²) in [5, 5.41) is 2.65. The van der Waals surface area contributed by atoms with E-state index < -0.39 is 11.9 Å². The second-order valence-corrected chi connectivity index (χ2v) is 4.67. The second kappa shape index (κ2) is 7.45. The molecule has 2 aromatic rings. The van der Waals surface area contributed by atoms with Crippen molar-refractivity contribution in [2.45, 2.75) is 19.4 Å². The van der Waals surface area contributed by atoms with E-state index in [9.17, 15) is 9.18 Å². The summed E-state index contributed by atoms with van der Waals surface area (Å²) in [6, 6.07) is 12.8. The third-order valence-electron chi connectivity index (χ3n) is 3.09. The van der Waals surface area contributed by atoms with Gasteiger partial charge >= 0.3 is 0 Å². The summed E-state index contributed by atoms with van der Waals surface area (Å²) in [4.78, 5) is 12.3. The number of carbonyl (C=O) groups excluding carboxylic acids is 1. The number of methoxy groups -OCH3 is 1. The number of hydrogen-bond acceptors (Lipinski definition) is 3. The molecule has 22 heavy (non-hydrogen) atoms. The molecule has 0 aliphatic carbocycles.